The van der Waals surface area contributed by atoms with E-state index in [1.807, 2.05) is 61.0 Å². The number of aliphatic carboxylic acids is 1. The number of rotatable bonds is 14. The van der Waals surface area contributed by atoms with Crippen molar-refractivity contribution in [2.24, 2.45) is 5.73 Å². The zero-order chi connectivity index (χ0) is 30.2. The van der Waals surface area contributed by atoms with Gasteiger partial charge in [0, 0.05) is 40.6 Å². The fourth-order valence-corrected chi connectivity index (χ4v) is 5.28. The Morgan fingerprint density at radius 1 is 0.810 bits per heavy atom. The van der Waals surface area contributed by atoms with Crippen LogP contribution in [0.2, 0.25) is 0 Å². The van der Waals surface area contributed by atoms with E-state index in [-0.39, 0.29) is 19.3 Å². The van der Waals surface area contributed by atoms with Crippen LogP contribution in [0.3, 0.4) is 0 Å². The molecule has 2 aromatic heterocycles. The number of fused-ring (bicyclic) bond motifs is 2. The van der Waals surface area contributed by atoms with Crippen LogP contribution in [0.4, 0.5) is 0 Å². The summed E-state index contributed by atoms with van der Waals surface area (Å²) in [6.07, 6.45) is 6.03. The lowest BCUT2D eigenvalue weighted by atomic mass is 10.0. The molecule has 0 saturated carbocycles. The summed E-state index contributed by atoms with van der Waals surface area (Å²) in [4.78, 5) is 57.5. The molecule has 4 rings (SSSR count). The third-order valence-electron chi connectivity index (χ3n) is 7.16. The molecule has 3 amide bonds. The molecule has 0 aliphatic carbocycles. The molecule has 222 valence electrons. The maximum Gasteiger partial charge on any atom is 0.326 e. The van der Waals surface area contributed by atoms with Crippen molar-refractivity contribution in [3.8, 4) is 0 Å². The van der Waals surface area contributed by atoms with E-state index < -0.39 is 47.9 Å². The number of carboxylic acids is 1. The standard InChI is InChI=1S/C30H36N6O5S/c1-17(34-28(38)22(31)13-18-15-32-23-9-5-3-7-20(18)23)27(37)36-26(29(39)35-25(30(40)41)11-12-42-2)14-19-16-33-24-10-6-4-8-21(19)24/h3-10,15-17,22,25-26,32-33H,11-14,31H2,1-2H3,(H,34,38)(H,35,39)(H,36,37)(H,40,41). The molecule has 12 heteroatoms. The Bertz CT molecular complexity index is 1570. The van der Waals surface area contributed by atoms with E-state index in [1.165, 1.54) is 18.7 Å². The fourth-order valence-electron chi connectivity index (χ4n) is 4.81. The number of amides is 3. The lowest BCUT2D eigenvalue weighted by Gasteiger charge is -2.24. The van der Waals surface area contributed by atoms with Crippen molar-refractivity contribution in [2.75, 3.05) is 12.0 Å². The van der Waals surface area contributed by atoms with Crippen LogP contribution in [0.25, 0.3) is 21.8 Å². The number of benzene rings is 2. The SMILES string of the molecule is CSCCC(NC(=O)C(Cc1c[nH]c2ccccc12)NC(=O)C(C)NC(=O)C(N)Cc1c[nH]c2ccccc12)C(=O)O. The molecule has 4 aromatic rings. The highest BCUT2D eigenvalue weighted by Crippen LogP contribution is 2.20. The van der Waals surface area contributed by atoms with E-state index in [4.69, 9.17) is 5.73 Å². The minimum absolute atomic E-state index is 0.108. The number of carbonyl (C=O) groups is 4. The van der Waals surface area contributed by atoms with Gasteiger partial charge in [-0.2, -0.15) is 11.8 Å². The predicted molar refractivity (Wildman–Crippen MR) is 164 cm³/mol. The van der Waals surface area contributed by atoms with E-state index in [0.29, 0.717) is 5.75 Å². The second-order valence-corrected chi connectivity index (χ2v) is 11.2. The molecule has 4 atom stereocenters. The quantitative estimate of drug-likeness (QED) is 0.117. The summed E-state index contributed by atoms with van der Waals surface area (Å²) in [5.74, 6) is -2.35. The number of nitrogens with two attached hydrogens (primary N) is 1. The smallest absolute Gasteiger partial charge is 0.326 e. The van der Waals surface area contributed by atoms with Crippen LogP contribution in [-0.4, -0.2) is 74.9 Å². The van der Waals surface area contributed by atoms with Crippen molar-refractivity contribution in [1.82, 2.24) is 25.9 Å². The van der Waals surface area contributed by atoms with Gasteiger partial charge in [-0.3, -0.25) is 14.4 Å². The van der Waals surface area contributed by atoms with E-state index in [1.54, 1.807) is 6.20 Å². The summed E-state index contributed by atoms with van der Waals surface area (Å²) in [6, 6.07) is 11.1. The van der Waals surface area contributed by atoms with Crippen molar-refractivity contribution in [3.05, 3.63) is 72.1 Å². The Balaban J connectivity index is 1.44. The average molecular weight is 593 g/mol. The maximum atomic E-state index is 13.3. The summed E-state index contributed by atoms with van der Waals surface area (Å²) in [5, 5.41) is 19.4. The maximum absolute atomic E-state index is 13.3. The van der Waals surface area contributed by atoms with Gasteiger partial charge < -0.3 is 36.8 Å². The molecule has 0 fully saturated rings. The van der Waals surface area contributed by atoms with Gasteiger partial charge in [-0.1, -0.05) is 36.4 Å². The Kier molecular flexibility index (Phi) is 10.3. The van der Waals surface area contributed by atoms with Gasteiger partial charge in [-0.25, -0.2) is 4.79 Å². The molecule has 0 aliphatic rings. The average Bonchev–Trinajstić information content (AvgIpc) is 3.58. The number of para-hydroxylation sites is 2. The second kappa shape index (κ2) is 14.1. The lowest BCUT2D eigenvalue weighted by molar-refractivity contribution is -0.142. The number of carboxylic acid groups (broad SMARTS) is 1. The minimum Gasteiger partial charge on any atom is -0.480 e. The van der Waals surface area contributed by atoms with Gasteiger partial charge in [-0.05, 0) is 55.0 Å². The van der Waals surface area contributed by atoms with Crippen LogP contribution in [0.15, 0.2) is 60.9 Å². The van der Waals surface area contributed by atoms with Crippen LogP contribution in [0.5, 0.6) is 0 Å². The van der Waals surface area contributed by atoms with Crippen LogP contribution in [0, 0.1) is 0 Å². The molecule has 0 spiro atoms. The van der Waals surface area contributed by atoms with Gasteiger partial charge >= 0.3 is 5.97 Å². The second-order valence-electron chi connectivity index (χ2n) is 10.2. The third kappa shape index (κ3) is 7.51. The molecule has 0 bridgehead atoms. The first-order valence-electron chi connectivity index (χ1n) is 13.7. The van der Waals surface area contributed by atoms with Crippen molar-refractivity contribution in [1.29, 1.82) is 0 Å². The predicted octanol–water partition coefficient (Wildman–Crippen LogP) is 2.07. The van der Waals surface area contributed by atoms with Gasteiger partial charge in [0.25, 0.3) is 0 Å². The molecule has 0 saturated heterocycles. The number of H-pyrrole nitrogens is 2. The summed E-state index contributed by atoms with van der Waals surface area (Å²) in [5.41, 5.74) is 9.65. The monoisotopic (exact) mass is 592 g/mol. The number of hydrogen-bond donors (Lipinski definition) is 7. The normalized spacial score (nSPS) is 14.2. The number of nitrogens with one attached hydrogen (secondary N) is 5. The zero-order valence-electron chi connectivity index (χ0n) is 23.5. The topological polar surface area (TPSA) is 182 Å². The Morgan fingerprint density at radius 3 is 1.93 bits per heavy atom. The van der Waals surface area contributed by atoms with E-state index in [2.05, 4.69) is 25.9 Å². The van der Waals surface area contributed by atoms with E-state index >= 15 is 0 Å². The number of aromatic nitrogens is 2. The number of thioether (sulfide) groups is 1. The number of carbonyl (C=O) groups excluding carboxylic acids is 3. The summed E-state index contributed by atoms with van der Waals surface area (Å²) in [6.45, 7) is 1.50. The highest BCUT2D eigenvalue weighted by atomic mass is 32.2. The molecule has 2 heterocycles. The van der Waals surface area contributed by atoms with Gasteiger partial charge in [0.2, 0.25) is 17.7 Å². The fraction of sp³-hybridized carbons (Fsp3) is 0.333. The van der Waals surface area contributed by atoms with E-state index in [0.717, 1.165) is 32.9 Å². The Morgan fingerprint density at radius 2 is 1.36 bits per heavy atom. The van der Waals surface area contributed by atoms with Gasteiger partial charge in [-0.15, -0.1) is 0 Å². The molecule has 42 heavy (non-hydrogen) atoms. The number of aromatic amines is 2. The van der Waals surface area contributed by atoms with Crippen molar-refractivity contribution in [2.45, 2.75) is 50.4 Å². The largest absolute Gasteiger partial charge is 0.480 e. The van der Waals surface area contributed by atoms with Crippen molar-refractivity contribution < 1.29 is 24.3 Å². The Hall–Kier alpha value is -4.29. The van der Waals surface area contributed by atoms with Crippen molar-refractivity contribution >= 4 is 57.3 Å². The first kappa shape index (κ1) is 30.7. The molecular weight excluding hydrogens is 556 g/mol. The van der Waals surface area contributed by atoms with Gasteiger partial charge in [0.05, 0.1) is 6.04 Å². The third-order valence-corrected chi connectivity index (χ3v) is 7.80. The molecule has 0 aliphatic heterocycles. The molecule has 0 radical (unpaired) electrons. The van der Waals surface area contributed by atoms with Crippen molar-refractivity contribution in [3.63, 3.8) is 0 Å². The molecular formula is C30H36N6O5S. The number of hydrogen-bond acceptors (Lipinski definition) is 6. The first-order chi connectivity index (χ1) is 20.2. The zero-order valence-corrected chi connectivity index (χ0v) is 24.3. The van der Waals surface area contributed by atoms with Crippen LogP contribution < -0.4 is 21.7 Å². The summed E-state index contributed by atoms with van der Waals surface area (Å²) >= 11 is 1.47. The Labute approximate surface area is 247 Å². The lowest BCUT2D eigenvalue weighted by Crippen LogP contribution is -2.57. The van der Waals surface area contributed by atoms with Crippen LogP contribution in [-0.2, 0) is 32.0 Å². The van der Waals surface area contributed by atoms with Gasteiger partial charge in [0.15, 0.2) is 0 Å². The van der Waals surface area contributed by atoms with Crippen LogP contribution >= 0.6 is 11.8 Å². The minimum atomic E-state index is -1.15. The summed E-state index contributed by atoms with van der Waals surface area (Å²) in [7, 11) is 0. The summed E-state index contributed by atoms with van der Waals surface area (Å²) < 4.78 is 0. The molecule has 4 unspecified atom stereocenters. The van der Waals surface area contributed by atoms with Crippen LogP contribution in [0.1, 0.15) is 24.5 Å². The molecule has 2 aromatic carbocycles. The molecule has 8 N–H and O–H groups in total. The van der Waals surface area contributed by atoms with Gasteiger partial charge in [0.1, 0.15) is 18.1 Å². The van der Waals surface area contributed by atoms with E-state index in [9.17, 15) is 24.3 Å². The highest BCUT2D eigenvalue weighted by Gasteiger charge is 2.29. The molecule has 11 nitrogen and oxygen atoms in total. The first-order valence-corrected chi connectivity index (χ1v) is 15.1. The highest BCUT2D eigenvalue weighted by molar-refractivity contribution is 7.98.